The van der Waals surface area contributed by atoms with Crippen LogP contribution in [-0.2, 0) is 16.1 Å². The van der Waals surface area contributed by atoms with Gasteiger partial charge in [0, 0.05) is 11.1 Å². The van der Waals surface area contributed by atoms with E-state index in [2.05, 4.69) is 17.3 Å². The molecule has 7 heteroatoms. The minimum Gasteiger partial charge on any atom is -0.452 e. The summed E-state index contributed by atoms with van der Waals surface area (Å²) in [5.74, 6) is -0.850. The highest BCUT2D eigenvalue weighted by atomic mass is 35.5. The molecule has 1 unspecified atom stereocenters. The first-order valence-electron chi connectivity index (χ1n) is 9.07. The maximum Gasteiger partial charge on any atom is 0.342 e. The number of rotatable bonds is 8. The molecule has 0 bridgehead atoms. The Morgan fingerprint density at radius 2 is 2.00 bits per heavy atom. The van der Waals surface area contributed by atoms with Gasteiger partial charge in [-0.3, -0.25) is 9.48 Å². The van der Waals surface area contributed by atoms with Crippen molar-refractivity contribution >= 4 is 23.5 Å². The van der Waals surface area contributed by atoms with Gasteiger partial charge in [0.05, 0.1) is 17.9 Å². The van der Waals surface area contributed by atoms with Crippen LogP contribution in [0.5, 0.6) is 0 Å². The van der Waals surface area contributed by atoms with E-state index in [9.17, 15) is 9.59 Å². The largest absolute Gasteiger partial charge is 0.452 e. The number of nitrogens with one attached hydrogen (secondary N) is 1. The molecule has 0 saturated heterocycles. The molecule has 2 rings (SSSR count). The number of nitrogens with zero attached hydrogens (tertiary/aromatic N) is 2. The number of hydrogen-bond donors (Lipinski definition) is 1. The molecule has 1 aromatic heterocycles. The van der Waals surface area contributed by atoms with E-state index in [4.69, 9.17) is 16.3 Å². The number of halogens is 1. The third kappa shape index (κ3) is 5.57. The van der Waals surface area contributed by atoms with Gasteiger partial charge in [0.2, 0.25) is 0 Å². The van der Waals surface area contributed by atoms with Crippen molar-refractivity contribution in [1.29, 1.82) is 0 Å². The molecule has 1 amide bonds. The van der Waals surface area contributed by atoms with Crippen LogP contribution in [-0.4, -0.2) is 34.3 Å². The highest BCUT2D eigenvalue weighted by Crippen LogP contribution is 2.20. The van der Waals surface area contributed by atoms with Crippen LogP contribution in [0.25, 0.3) is 0 Å². The highest BCUT2D eigenvalue weighted by molar-refractivity contribution is 6.31. The molecule has 1 N–H and O–H groups in total. The molecule has 0 aliphatic heterocycles. The van der Waals surface area contributed by atoms with E-state index >= 15 is 0 Å². The maximum absolute atomic E-state index is 12.5. The van der Waals surface area contributed by atoms with Gasteiger partial charge in [-0.1, -0.05) is 43.1 Å². The number of ether oxygens (including phenoxy) is 1. The molecule has 0 spiro atoms. The Bertz CT molecular complexity index is 817. The van der Waals surface area contributed by atoms with Gasteiger partial charge in [0.15, 0.2) is 6.61 Å². The van der Waals surface area contributed by atoms with Crippen molar-refractivity contribution in [2.75, 3.05) is 6.61 Å². The monoisotopic (exact) mass is 391 g/mol. The van der Waals surface area contributed by atoms with E-state index < -0.39 is 5.97 Å². The predicted octanol–water partition coefficient (Wildman–Crippen LogP) is 3.66. The molecule has 0 aliphatic carbocycles. The van der Waals surface area contributed by atoms with Crippen molar-refractivity contribution < 1.29 is 14.3 Å². The second kappa shape index (κ2) is 9.55. The molecular formula is C20H26ClN3O3. The van der Waals surface area contributed by atoms with E-state index in [0.29, 0.717) is 28.5 Å². The molecule has 2 aromatic rings. The lowest BCUT2D eigenvalue weighted by Gasteiger charge is -2.12. The van der Waals surface area contributed by atoms with E-state index in [1.807, 2.05) is 31.2 Å². The molecule has 0 fully saturated rings. The third-order valence-electron chi connectivity index (χ3n) is 4.33. The van der Waals surface area contributed by atoms with Crippen LogP contribution in [0.1, 0.15) is 54.0 Å². The lowest BCUT2D eigenvalue weighted by molar-refractivity contribution is -0.124. The van der Waals surface area contributed by atoms with Gasteiger partial charge in [-0.05, 0) is 38.8 Å². The van der Waals surface area contributed by atoms with Gasteiger partial charge in [-0.15, -0.1) is 0 Å². The van der Waals surface area contributed by atoms with Crippen LogP contribution < -0.4 is 5.32 Å². The van der Waals surface area contributed by atoms with Crippen molar-refractivity contribution in [3.05, 3.63) is 51.8 Å². The SMILES string of the molecule is CCCC(C)NC(=O)COC(=O)c1c(C)nn(Cc2ccccc2Cl)c1C. The van der Waals surface area contributed by atoms with Crippen LogP contribution in [0.15, 0.2) is 24.3 Å². The second-order valence-corrected chi connectivity index (χ2v) is 7.04. The van der Waals surface area contributed by atoms with Crippen molar-refractivity contribution in [1.82, 2.24) is 15.1 Å². The predicted molar refractivity (Wildman–Crippen MR) is 105 cm³/mol. The Morgan fingerprint density at radius 3 is 2.67 bits per heavy atom. The first kappa shape index (κ1) is 21.0. The summed E-state index contributed by atoms with van der Waals surface area (Å²) in [4.78, 5) is 24.3. The molecule has 1 aromatic carbocycles. The molecule has 0 saturated carbocycles. The van der Waals surface area contributed by atoms with Gasteiger partial charge < -0.3 is 10.1 Å². The first-order chi connectivity index (χ1) is 12.8. The summed E-state index contributed by atoms with van der Waals surface area (Å²) in [5.41, 5.74) is 2.53. The lowest BCUT2D eigenvalue weighted by atomic mass is 10.2. The Balaban J connectivity index is 2.04. The topological polar surface area (TPSA) is 73.2 Å². The van der Waals surface area contributed by atoms with Crippen LogP contribution in [0, 0.1) is 13.8 Å². The molecule has 146 valence electrons. The first-order valence-corrected chi connectivity index (χ1v) is 9.45. The van der Waals surface area contributed by atoms with Crippen molar-refractivity contribution in [3.8, 4) is 0 Å². The Hall–Kier alpha value is -2.34. The highest BCUT2D eigenvalue weighted by Gasteiger charge is 2.21. The zero-order valence-corrected chi connectivity index (χ0v) is 17.0. The van der Waals surface area contributed by atoms with Crippen molar-refractivity contribution in [2.45, 2.75) is 53.1 Å². The van der Waals surface area contributed by atoms with Crippen LogP contribution in [0.2, 0.25) is 5.02 Å². The maximum atomic E-state index is 12.5. The number of benzene rings is 1. The average Bonchev–Trinajstić information content (AvgIpc) is 2.88. The van der Waals surface area contributed by atoms with E-state index in [1.54, 1.807) is 18.5 Å². The van der Waals surface area contributed by atoms with Gasteiger partial charge in [-0.25, -0.2) is 4.79 Å². The third-order valence-corrected chi connectivity index (χ3v) is 4.70. The standard InChI is InChI=1S/C20H26ClN3O3/c1-5-8-13(2)22-18(25)12-27-20(26)19-14(3)23-24(15(19)4)11-16-9-6-7-10-17(16)21/h6-7,9-10,13H,5,8,11-12H2,1-4H3,(H,22,25). The number of aromatic nitrogens is 2. The zero-order chi connectivity index (χ0) is 20.0. The van der Waals surface area contributed by atoms with Crippen LogP contribution >= 0.6 is 11.6 Å². The normalized spacial score (nSPS) is 11.9. The second-order valence-electron chi connectivity index (χ2n) is 6.63. The van der Waals surface area contributed by atoms with E-state index in [0.717, 1.165) is 18.4 Å². The van der Waals surface area contributed by atoms with E-state index in [1.165, 1.54) is 0 Å². The van der Waals surface area contributed by atoms with Gasteiger partial charge in [0.25, 0.3) is 5.91 Å². The molecule has 1 atom stereocenters. The molecule has 27 heavy (non-hydrogen) atoms. The smallest absolute Gasteiger partial charge is 0.342 e. The number of carbonyl (C=O) groups is 2. The Kier molecular flexibility index (Phi) is 7.42. The average molecular weight is 392 g/mol. The quantitative estimate of drug-likeness (QED) is 0.697. The zero-order valence-electron chi connectivity index (χ0n) is 16.2. The molecular weight excluding hydrogens is 366 g/mol. The summed E-state index contributed by atoms with van der Waals surface area (Å²) in [5, 5.41) is 7.88. The minimum absolute atomic E-state index is 0.0584. The number of carbonyl (C=O) groups excluding carboxylic acids is 2. The summed E-state index contributed by atoms with van der Waals surface area (Å²) < 4.78 is 6.91. The summed E-state index contributed by atoms with van der Waals surface area (Å²) in [6, 6.07) is 7.56. The number of hydrogen-bond acceptors (Lipinski definition) is 4. The summed E-state index contributed by atoms with van der Waals surface area (Å²) in [6.45, 7) is 7.67. The fraction of sp³-hybridized carbons (Fsp3) is 0.450. The number of amides is 1. The Morgan fingerprint density at radius 1 is 1.30 bits per heavy atom. The van der Waals surface area contributed by atoms with E-state index in [-0.39, 0.29) is 18.6 Å². The van der Waals surface area contributed by atoms with Crippen LogP contribution in [0.4, 0.5) is 0 Å². The number of aryl methyl sites for hydroxylation is 1. The minimum atomic E-state index is -0.547. The van der Waals surface area contributed by atoms with Gasteiger partial charge in [-0.2, -0.15) is 5.10 Å². The Labute approximate surface area is 164 Å². The molecule has 1 heterocycles. The molecule has 6 nitrogen and oxygen atoms in total. The lowest BCUT2D eigenvalue weighted by Crippen LogP contribution is -2.35. The van der Waals surface area contributed by atoms with Crippen molar-refractivity contribution in [2.24, 2.45) is 0 Å². The van der Waals surface area contributed by atoms with Gasteiger partial charge >= 0.3 is 5.97 Å². The molecule has 0 radical (unpaired) electrons. The fourth-order valence-electron chi connectivity index (χ4n) is 2.96. The number of esters is 1. The van der Waals surface area contributed by atoms with Crippen molar-refractivity contribution in [3.63, 3.8) is 0 Å². The summed E-state index contributed by atoms with van der Waals surface area (Å²) >= 11 is 6.21. The fourth-order valence-corrected chi connectivity index (χ4v) is 3.15. The van der Waals surface area contributed by atoms with Crippen LogP contribution in [0.3, 0.4) is 0 Å². The molecule has 0 aliphatic rings. The summed E-state index contributed by atoms with van der Waals surface area (Å²) in [7, 11) is 0. The van der Waals surface area contributed by atoms with Gasteiger partial charge in [0.1, 0.15) is 5.56 Å². The summed E-state index contributed by atoms with van der Waals surface area (Å²) in [6.07, 6.45) is 1.86.